The predicted octanol–water partition coefficient (Wildman–Crippen LogP) is 1.93. The number of para-hydroxylation sites is 1. The predicted molar refractivity (Wildman–Crippen MR) is 103 cm³/mol. The van der Waals surface area contributed by atoms with Crippen LogP contribution in [0.25, 0.3) is 16.9 Å². The summed E-state index contributed by atoms with van der Waals surface area (Å²) < 4.78 is 11.6. The van der Waals surface area contributed by atoms with Gasteiger partial charge in [-0.3, -0.25) is 0 Å². The summed E-state index contributed by atoms with van der Waals surface area (Å²) in [5.41, 5.74) is 3.52. The van der Waals surface area contributed by atoms with E-state index in [-0.39, 0.29) is 17.0 Å². The summed E-state index contributed by atoms with van der Waals surface area (Å²) in [4.78, 5) is 0. The van der Waals surface area contributed by atoms with Gasteiger partial charge in [0.2, 0.25) is 0 Å². The first-order chi connectivity index (χ1) is 12.3. The lowest BCUT2D eigenvalue weighted by Crippen LogP contribution is -3.00. The van der Waals surface area contributed by atoms with Crippen molar-refractivity contribution in [1.29, 1.82) is 0 Å². The number of imidazole rings is 1. The number of halogens is 2. The Hall–Kier alpha value is -1.59. The Balaban J connectivity index is 0.00000196. The summed E-state index contributed by atoms with van der Waals surface area (Å²) >= 11 is 3.55. The number of benzene rings is 2. The van der Waals surface area contributed by atoms with Crippen molar-refractivity contribution in [3.63, 3.8) is 0 Å². The standard InChI is InChI=1S/C21H22BrN2O.BrH/c1-25-20-8-5-4-7-18(20)19-15-23-14-6-2-3-9-21(23)24(19)17-12-10-16(22)11-13-17;/h4-5,7-8,10-13,15H,2-3,6,9,14H2,1H3;1H/q+1;/p-1. The third-order valence-electron chi connectivity index (χ3n) is 4.88. The summed E-state index contributed by atoms with van der Waals surface area (Å²) in [5, 5.41) is 0. The molecule has 0 saturated carbocycles. The fourth-order valence-electron chi connectivity index (χ4n) is 3.66. The molecule has 0 spiro atoms. The van der Waals surface area contributed by atoms with Crippen LogP contribution in [0.2, 0.25) is 0 Å². The largest absolute Gasteiger partial charge is 1.00 e. The van der Waals surface area contributed by atoms with E-state index in [4.69, 9.17) is 4.74 Å². The first-order valence-electron chi connectivity index (χ1n) is 8.81. The van der Waals surface area contributed by atoms with E-state index >= 15 is 0 Å². The van der Waals surface area contributed by atoms with Gasteiger partial charge in [-0.25, -0.2) is 4.57 Å². The molecule has 0 fully saturated rings. The van der Waals surface area contributed by atoms with Crippen LogP contribution >= 0.6 is 15.9 Å². The number of fused-ring (bicyclic) bond motifs is 1. The van der Waals surface area contributed by atoms with Gasteiger partial charge in [0.25, 0.3) is 5.82 Å². The maximum absolute atomic E-state index is 5.64. The second-order valence-corrected chi connectivity index (χ2v) is 7.36. The average Bonchev–Trinajstić information content (AvgIpc) is 2.84. The molecule has 0 atom stereocenters. The maximum atomic E-state index is 5.64. The molecule has 1 aromatic heterocycles. The quantitative estimate of drug-likeness (QED) is 0.527. The van der Waals surface area contributed by atoms with Crippen molar-refractivity contribution < 1.29 is 26.3 Å². The maximum Gasteiger partial charge on any atom is 0.262 e. The van der Waals surface area contributed by atoms with Crippen molar-refractivity contribution in [2.45, 2.75) is 32.2 Å². The molecule has 1 aliphatic rings. The molecule has 26 heavy (non-hydrogen) atoms. The van der Waals surface area contributed by atoms with E-state index in [2.05, 4.69) is 67.7 Å². The molecule has 0 radical (unpaired) electrons. The highest BCUT2D eigenvalue weighted by molar-refractivity contribution is 9.10. The molecule has 2 aromatic carbocycles. The van der Waals surface area contributed by atoms with Crippen molar-refractivity contribution in [2.75, 3.05) is 7.11 Å². The smallest absolute Gasteiger partial charge is 0.262 e. The van der Waals surface area contributed by atoms with Crippen molar-refractivity contribution in [3.05, 3.63) is 65.0 Å². The molecular formula is C21H22Br2N2O. The monoisotopic (exact) mass is 476 g/mol. The fourth-order valence-corrected chi connectivity index (χ4v) is 3.93. The van der Waals surface area contributed by atoms with Gasteiger partial charge in [0.05, 0.1) is 19.2 Å². The lowest BCUT2D eigenvalue weighted by molar-refractivity contribution is -0.702. The summed E-state index contributed by atoms with van der Waals surface area (Å²) in [6.45, 7) is 1.08. The number of rotatable bonds is 3. The fraction of sp³-hybridized carbons (Fsp3) is 0.286. The highest BCUT2D eigenvalue weighted by atomic mass is 79.9. The van der Waals surface area contributed by atoms with E-state index < -0.39 is 0 Å². The van der Waals surface area contributed by atoms with Crippen LogP contribution in [-0.2, 0) is 13.0 Å². The van der Waals surface area contributed by atoms with Crippen molar-refractivity contribution in [2.24, 2.45) is 0 Å². The Morgan fingerprint density at radius 1 is 1.00 bits per heavy atom. The number of hydrogen-bond donors (Lipinski definition) is 0. The third-order valence-corrected chi connectivity index (χ3v) is 5.40. The minimum Gasteiger partial charge on any atom is -1.00 e. The van der Waals surface area contributed by atoms with Crippen LogP contribution < -0.4 is 26.3 Å². The summed E-state index contributed by atoms with van der Waals surface area (Å²) in [7, 11) is 1.74. The number of aryl methyl sites for hydroxylation is 1. The van der Waals surface area contributed by atoms with E-state index in [0.29, 0.717) is 0 Å². The van der Waals surface area contributed by atoms with E-state index in [1.165, 1.54) is 36.5 Å². The van der Waals surface area contributed by atoms with E-state index in [0.717, 1.165) is 28.8 Å². The molecule has 3 nitrogen and oxygen atoms in total. The van der Waals surface area contributed by atoms with Crippen molar-refractivity contribution in [3.8, 4) is 22.7 Å². The second kappa shape index (κ2) is 8.40. The summed E-state index contributed by atoms with van der Waals surface area (Å²) in [5.74, 6) is 2.29. The van der Waals surface area contributed by atoms with Gasteiger partial charge in [0.15, 0.2) is 5.69 Å². The molecule has 2 heterocycles. The molecule has 136 valence electrons. The molecule has 1 aliphatic heterocycles. The van der Waals surface area contributed by atoms with E-state index in [1.54, 1.807) is 7.11 Å². The summed E-state index contributed by atoms with van der Waals surface area (Å²) in [6, 6.07) is 16.8. The van der Waals surface area contributed by atoms with Gasteiger partial charge in [-0.05, 0) is 55.7 Å². The minimum absolute atomic E-state index is 0. The molecule has 0 amide bonds. The Bertz CT molecular complexity index is 888. The molecule has 3 aromatic rings. The Labute approximate surface area is 173 Å². The zero-order chi connectivity index (χ0) is 17.2. The lowest BCUT2D eigenvalue weighted by atomic mass is 10.1. The zero-order valence-corrected chi connectivity index (χ0v) is 18.0. The first kappa shape index (κ1) is 19.2. The number of methoxy groups -OCH3 is 1. The van der Waals surface area contributed by atoms with Gasteiger partial charge in [-0.15, -0.1) is 0 Å². The molecule has 5 heteroatoms. The van der Waals surface area contributed by atoms with Crippen LogP contribution in [0.4, 0.5) is 0 Å². The molecule has 0 unspecified atom stereocenters. The number of nitrogens with zero attached hydrogens (tertiary/aromatic N) is 2. The van der Waals surface area contributed by atoms with Crippen LogP contribution in [0.15, 0.2) is 59.2 Å². The Morgan fingerprint density at radius 2 is 1.77 bits per heavy atom. The van der Waals surface area contributed by atoms with E-state index in [9.17, 15) is 0 Å². The van der Waals surface area contributed by atoms with Gasteiger partial charge >= 0.3 is 0 Å². The van der Waals surface area contributed by atoms with Crippen LogP contribution in [-0.4, -0.2) is 11.7 Å². The van der Waals surface area contributed by atoms with Gasteiger partial charge in [0.1, 0.15) is 17.6 Å². The normalized spacial score (nSPS) is 13.5. The Kier molecular flexibility index (Phi) is 6.20. The van der Waals surface area contributed by atoms with E-state index in [1.807, 2.05) is 12.1 Å². The zero-order valence-electron chi connectivity index (χ0n) is 14.8. The van der Waals surface area contributed by atoms with Gasteiger partial charge < -0.3 is 21.7 Å². The van der Waals surface area contributed by atoms with Crippen LogP contribution in [0.1, 0.15) is 25.1 Å². The topological polar surface area (TPSA) is 18.0 Å². The van der Waals surface area contributed by atoms with Gasteiger partial charge in [-0.2, -0.15) is 4.57 Å². The molecular weight excluding hydrogens is 456 g/mol. The lowest BCUT2D eigenvalue weighted by Gasteiger charge is -2.08. The van der Waals surface area contributed by atoms with Crippen LogP contribution in [0, 0.1) is 0 Å². The number of hydrogen-bond acceptors (Lipinski definition) is 1. The highest BCUT2D eigenvalue weighted by Crippen LogP contribution is 2.33. The molecule has 0 bridgehead atoms. The first-order valence-corrected chi connectivity index (χ1v) is 9.60. The molecule has 0 N–H and O–H groups in total. The molecule has 4 rings (SSSR count). The number of aromatic nitrogens is 2. The molecule has 0 saturated heterocycles. The second-order valence-electron chi connectivity index (χ2n) is 6.45. The number of ether oxygens (including phenoxy) is 1. The van der Waals surface area contributed by atoms with Crippen molar-refractivity contribution >= 4 is 15.9 Å². The third kappa shape index (κ3) is 3.60. The SMILES string of the molecule is COc1ccccc1-c1c[n+]2c(n1-c1ccc(Br)cc1)CCCCC2.[Br-]. The van der Waals surface area contributed by atoms with Crippen LogP contribution in [0.5, 0.6) is 5.75 Å². The molecule has 0 aliphatic carbocycles. The van der Waals surface area contributed by atoms with Gasteiger partial charge in [-0.1, -0.05) is 28.1 Å². The van der Waals surface area contributed by atoms with Crippen LogP contribution in [0.3, 0.4) is 0 Å². The van der Waals surface area contributed by atoms with Gasteiger partial charge in [0, 0.05) is 10.9 Å². The van der Waals surface area contributed by atoms with Crippen molar-refractivity contribution in [1.82, 2.24) is 4.57 Å². The average molecular weight is 478 g/mol. The summed E-state index contributed by atoms with van der Waals surface area (Å²) in [6.07, 6.45) is 7.18. The Morgan fingerprint density at radius 3 is 2.54 bits per heavy atom. The minimum atomic E-state index is 0. The highest BCUT2D eigenvalue weighted by Gasteiger charge is 2.28.